The van der Waals surface area contributed by atoms with Gasteiger partial charge in [-0.05, 0) is 30.6 Å². The van der Waals surface area contributed by atoms with Crippen LogP contribution in [0.25, 0.3) is 0 Å². The van der Waals surface area contributed by atoms with Gasteiger partial charge in [0, 0.05) is 0 Å². The molecule has 0 nitrogen and oxygen atoms in total. The van der Waals surface area contributed by atoms with E-state index in [1.54, 1.807) is 0 Å². The van der Waals surface area contributed by atoms with E-state index in [0.29, 0.717) is 0 Å². The lowest BCUT2D eigenvalue weighted by molar-refractivity contribution is 0.277. The molecule has 0 N–H and O–H groups in total. The van der Waals surface area contributed by atoms with Crippen LogP contribution in [0.1, 0.15) is 38.5 Å². The van der Waals surface area contributed by atoms with E-state index in [2.05, 4.69) is 0 Å². The van der Waals surface area contributed by atoms with Gasteiger partial charge in [0.25, 0.3) is 0 Å². The molecule has 0 aromatic heterocycles. The zero-order valence-electron chi connectivity index (χ0n) is 7.26. The molecule has 0 bridgehead atoms. The molecule has 2 aliphatic carbocycles. The van der Waals surface area contributed by atoms with E-state index in [0.717, 1.165) is 24.1 Å². The average Bonchev–Trinajstić information content (AvgIpc) is 2.46. The highest BCUT2D eigenvalue weighted by atomic mass is 14.4. The number of fused-ring (bicyclic) bond motifs is 1. The van der Waals surface area contributed by atoms with Crippen LogP contribution in [-0.2, 0) is 0 Å². The molecule has 2 fully saturated rings. The predicted molar refractivity (Wildman–Crippen MR) is 48.7 cm³/mol. The third-order valence-corrected chi connectivity index (χ3v) is 3.67. The number of hydrogen-bond acceptors (Lipinski definition) is 0. The Hall–Kier alpha value is 0.0649. The van der Waals surface area contributed by atoms with Crippen LogP contribution in [0.5, 0.6) is 0 Å². The number of hydrogen-bond donors (Lipinski definition) is 0. The molecule has 2 saturated carbocycles. The molecule has 0 spiro atoms. The van der Waals surface area contributed by atoms with Crippen LogP contribution in [0.2, 0.25) is 6.32 Å². The third-order valence-electron chi connectivity index (χ3n) is 3.67. The molecule has 0 heterocycles. The molecule has 0 amide bonds. The van der Waals surface area contributed by atoms with E-state index in [4.69, 9.17) is 7.85 Å². The maximum absolute atomic E-state index is 5.69. The first-order chi connectivity index (χ1) is 5.40. The Balaban J connectivity index is 1.92. The zero-order chi connectivity index (χ0) is 7.68. The highest BCUT2D eigenvalue weighted by Crippen LogP contribution is 2.45. The highest BCUT2D eigenvalue weighted by Gasteiger charge is 2.34. The van der Waals surface area contributed by atoms with E-state index in [1.807, 2.05) is 0 Å². The summed E-state index contributed by atoms with van der Waals surface area (Å²) < 4.78 is 0. The Labute approximate surface area is 71.2 Å². The smallest absolute Gasteiger partial charge is 0.0656 e. The van der Waals surface area contributed by atoms with Crippen LogP contribution in [0.15, 0.2) is 0 Å². The van der Waals surface area contributed by atoms with Crippen molar-refractivity contribution in [3.8, 4) is 0 Å². The second kappa shape index (κ2) is 3.20. The van der Waals surface area contributed by atoms with Crippen LogP contribution in [0.3, 0.4) is 0 Å². The van der Waals surface area contributed by atoms with Gasteiger partial charge >= 0.3 is 0 Å². The molecule has 2 unspecified atom stereocenters. The minimum Gasteiger partial charge on any atom is -0.0859 e. The van der Waals surface area contributed by atoms with Crippen LogP contribution < -0.4 is 0 Å². The zero-order valence-corrected chi connectivity index (χ0v) is 7.26. The van der Waals surface area contributed by atoms with Crippen molar-refractivity contribution < 1.29 is 0 Å². The number of rotatable bonds is 1. The van der Waals surface area contributed by atoms with E-state index < -0.39 is 0 Å². The summed E-state index contributed by atoms with van der Waals surface area (Å²) in [5.41, 5.74) is 0. The van der Waals surface area contributed by atoms with Gasteiger partial charge in [-0.3, -0.25) is 0 Å². The van der Waals surface area contributed by atoms with E-state index >= 15 is 0 Å². The van der Waals surface area contributed by atoms with Crippen molar-refractivity contribution in [2.75, 3.05) is 0 Å². The molecular formula is C10H17B. The van der Waals surface area contributed by atoms with Crippen molar-refractivity contribution in [3.63, 3.8) is 0 Å². The van der Waals surface area contributed by atoms with Gasteiger partial charge in [-0.1, -0.05) is 32.0 Å². The summed E-state index contributed by atoms with van der Waals surface area (Å²) in [6.07, 6.45) is 9.80. The van der Waals surface area contributed by atoms with Gasteiger partial charge in [-0.25, -0.2) is 0 Å². The van der Waals surface area contributed by atoms with Gasteiger partial charge in [0.05, 0.1) is 7.85 Å². The topological polar surface area (TPSA) is 0 Å². The van der Waals surface area contributed by atoms with Crippen LogP contribution in [-0.4, -0.2) is 7.85 Å². The van der Waals surface area contributed by atoms with Gasteiger partial charge < -0.3 is 0 Å². The van der Waals surface area contributed by atoms with Crippen molar-refractivity contribution >= 4 is 7.85 Å². The lowest BCUT2D eigenvalue weighted by atomic mass is 9.82. The molecule has 1 heteroatoms. The Bertz CT molecular complexity index is 119. The Kier molecular flexibility index (Phi) is 2.24. The molecule has 0 saturated heterocycles. The summed E-state index contributed by atoms with van der Waals surface area (Å²) >= 11 is 0. The average molecular weight is 148 g/mol. The second-order valence-electron chi connectivity index (χ2n) is 4.38. The van der Waals surface area contributed by atoms with Crippen molar-refractivity contribution in [2.24, 2.45) is 17.8 Å². The van der Waals surface area contributed by atoms with Crippen molar-refractivity contribution in [3.05, 3.63) is 0 Å². The van der Waals surface area contributed by atoms with Crippen LogP contribution in [0, 0.1) is 17.8 Å². The summed E-state index contributed by atoms with van der Waals surface area (Å²) in [7, 11) is 5.69. The molecule has 0 aromatic carbocycles. The van der Waals surface area contributed by atoms with Crippen molar-refractivity contribution in [1.82, 2.24) is 0 Å². The van der Waals surface area contributed by atoms with Crippen LogP contribution >= 0.6 is 0 Å². The van der Waals surface area contributed by atoms with Crippen molar-refractivity contribution in [2.45, 2.75) is 44.8 Å². The molecule has 2 rings (SSSR count). The molecule has 0 aliphatic heterocycles. The molecular weight excluding hydrogens is 131 g/mol. The molecule has 2 atom stereocenters. The fraction of sp³-hybridized carbons (Fsp3) is 1.00. The minimum absolute atomic E-state index is 0.878. The van der Waals surface area contributed by atoms with Gasteiger partial charge in [-0.15, -0.1) is 0 Å². The highest BCUT2D eigenvalue weighted by molar-refractivity contribution is 6.08. The van der Waals surface area contributed by atoms with Gasteiger partial charge in [-0.2, -0.15) is 0 Å². The summed E-state index contributed by atoms with van der Waals surface area (Å²) in [6, 6.07) is 0. The molecule has 0 aromatic rings. The van der Waals surface area contributed by atoms with Gasteiger partial charge in [0.2, 0.25) is 0 Å². The predicted octanol–water partition coefficient (Wildman–Crippen LogP) is 2.79. The Morgan fingerprint density at radius 2 is 1.55 bits per heavy atom. The summed E-state index contributed by atoms with van der Waals surface area (Å²) in [4.78, 5) is 0. The minimum atomic E-state index is 0.878. The Morgan fingerprint density at radius 1 is 1.00 bits per heavy atom. The largest absolute Gasteiger partial charge is 0.0859 e. The maximum atomic E-state index is 5.69. The lowest BCUT2D eigenvalue weighted by Gasteiger charge is -2.24. The summed E-state index contributed by atoms with van der Waals surface area (Å²) in [6.45, 7) is 0. The van der Waals surface area contributed by atoms with E-state index in [1.165, 1.54) is 38.5 Å². The van der Waals surface area contributed by atoms with Crippen LogP contribution in [0.4, 0.5) is 0 Å². The molecule has 2 radical (unpaired) electrons. The van der Waals surface area contributed by atoms with E-state index in [-0.39, 0.29) is 0 Å². The third kappa shape index (κ3) is 1.48. The standard InChI is InChI=1S/C10H17B/c11-7-8-5-9-3-1-2-4-10(9)6-8/h8-10H,1-7H2. The first kappa shape index (κ1) is 7.70. The normalized spacial score (nSPS) is 43.8. The van der Waals surface area contributed by atoms with Gasteiger partial charge in [0.1, 0.15) is 0 Å². The second-order valence-corrected chi connectivity index (χ2v) is 4.38. The quantitative estimate of drug-likeness (QED) is 0.501. The fourth-order valence-corrected chi connectivity index (χ4v) is 3.05. The molecule has 11 heavy (non-hydrogen) atoms. The monoisotopic (exact) mass is 148 g/mol. The summed E-state index contributed by atoms with van der Waals surface area (Å²) in [5, 5.41) is 0. The van der Waals surface area contributed by atoms with Gasteiger partial charge in [0.15, 0.2) is 0 Å². The first-order valence-corrected chi connectivity index (χ1v) is 5.10. The first-order valence-electron chi connectivity index (χ1n) is 5.10. The van der Waals surface area contributed by atoms with E-state index in [9.17, 15) is 0 Å². The molecule has 60 valence electrons. The fourth-order valence-electron chi connectivity index (χ4n) is 3.05. The van der Waals surface area contributed by atoms with Crippen molar-refractivity contribution in [1.29, 1.82) is 0 Å². The molecule has 2 aliphatic rings. The maximum Gasteiger partial charge on any atom is 0.0656 e. The summed E-state index contributed by atoms with van der Waals surface area (Å²) in [5.74, 6) is 3.01. The SMILES string of the molecule is [B]CC1CC2CCCCC2C1. The Morgan fingerprint density at radius 3 is 2.00 bits per heavy atom. The lowest BCUT2D eigenvalue weighted by Crippen LogP contribution is -2.12.